The Bertz CT molecular complexity index is 727. The third kappa shape index (κ3) is 2.53. The lowest BCUT2D eigenvalue weighted by molar-refractivity contribution is 0.585. The molecule has 0 atom stereocenters. The van der Waals surface area contributed by atoms with Crippen molar-refractivity contribution in [2.45, 2.75) is 18.6 Å². The third-order valence-electron chi connectivity index (χ3n) is 3.33. The highest BCUT2D eigenvalue weighted by atomic mass is 35.5. The summed E-state index contributed by atoms with van der Waals surface area (Å²) in [5.74, 6) is 0.532. The van der Waals surface area contributed by atoms with Crippen molar-refractivity contribution in [1.82, 2.24) is 10.2 Å². The molecule has 106 valence electrons. The zero-order valence-electron chi connectivity index (χ0n) is 10.7. The van der Waals surface area contributed by atoms with E-state index in [0.717, 1.165) is 18.4 Å². The van der Waals surface area contributed by atoms with Gasteiger partial charge in [0.2, 0.25) is 10.0 Å². The van der Waals surface area contributed by atoms with Crippen molar-refractivity contribution in [1.29, 1.82) is 0 Å². The molecule has 2 aromatic rings. The lowest BCUT2D eigenvalue weighted by atomic mass is 10.1. The molecule has 7 heteroatoms. The topological polar surface area (TPSA) is 66.1 Å². The molecule has 0 aliphatic carbocycles. The second kappa shape index (κ2) is 5.10. The van der Waals surface area contributed by atoms with E-state index in [2.05, 4.69) is 10.2 Å². The molecular weight excluding hydrogens is 298 g/mol. The molecule has 0 saturated carbocycles. The molecular formula is C13H14ClN3O2S. The summed E-state index contributed by atoms with van der Waals surface area (Å²) in [4.78, 5) is 0. The smallest absolute Gasteiger partial charge is 0.240 e. The van der Waals surface area contributed by atoms with Crippen molar-refractivity contribution >= 4 is 27.4 Å². The van der Waals surface area contributed by atoms with E-state index >= 15 is 0 Å². The van der Waals surface area contributed by atoms with Crippen molar-refractivity contribution in [2.24, 2.45) is 0 Å². The van der Waals surface area contributed by atoms with Crippen LogP contribution in [0.3, 0.4) is 0 Å². The first-order valence-electron chi connectivity index (χ1n) is 6.33. The number of halogens is 1. The van der Waals surface area contributed by atoms with Crippen LogP contribution < -0.4 is 4.31 Å². The highest BCUT2D eigenvalue weighted by molar-refractivity contribution is 7.92. The lowest BCUT2D eigenvalue weighted by Gasteiger charge is -2.27. The Morgan fingerprint density at radius 3 is 3.05 bits per heavy atom. The lowest BCUT2D eigenvalue weighted by Crippen LogP contribution is -2.36. The predicted octanol–water partition coefficient (Wildman–Crippen LogP) is 2.35. The molecule has 5 nitrogen and oxygen atoms in total. The van der Waals surface area contributed by atoms with Gasteiger partial charge in [-0.05, 0) is 30.5 Å². The normalized spacial score (nSPS) is 15.2. The number of aryl methyl sites for hydroxylation is 1. The molecule has 0 saturated heterocycles. The molecule has 0 amide bonds. The molecule has 0 spiro atoms. The average Bonchev–Trinajstić information content (AvgIpc) is 2.85. The van der Waals surface area contributed by atoms with Gasteiger partial charge in [0, 0.05) is 17.1 Å². The fourth-order valence-corrected chi connectivity index (χ4v) is 4.23. The Hall–Kier alpha value is -1.53. The molecule has 0 bridgehead atoms. The zero-order valence-corrected chi connectivity index (χ0v) is 12.3. The number of nitrogens with zero attached hydrogens (tertiary/aromatic N) is 2. The standard InChI is InChI=1S/C13H14ClN3O2S/c14-12-5-1-3-10(7-12)9-20(18,19)17-6-2-4-11-8-15-16-13(11)17/h1,3,5,7-8H,2,4,6,9H2,(H,15,16). The molecule has 0 unspecified atom stereocenters. The van der Waals surface area contributed by atoms with Gasteiger partial charge in [-0.15, -0.1) is 0 Å². The first-order valence-corrected chi connectivity index (χ1v) is 8.32. The van der Waals surface area contributed by atoms with Crippen LogP contribution in [0.1, 0.15) is 17.5 Å². The van der Waals surface area contributed by atoms with Crippen LogP contribution in [0.25, 0.3) is 0 Å². The summed E-state index contributed by atoms with van der Waals surface area (Å²) in [7, 11) is -3.43. The van der Waals surface area contributed by atoms with Crippen LogP contribution in [0.4, 0.5) is 5.82 Å². The third-order valence-corrected chi connectivity index (χ3v) is 5.30. The maximum Gasteiger partial charge on any atom is 0.240 e. The van der Waals surface area contributed by atoms with Gasteiger partial charge in [0.05, 0.1) is 11.9 Å². The van der Waals surface area contributed by atoms with Crippen molar-refractivity contribution in [3.8, 4) is 0 Å². The van der Waals surface area contributed by atoms with Crippen LogP contribution >= 0.6 is 11.6 Å². The first-order chi connectivity index (χ1) is 9.56. The molecule has 0 radical (unpaired) electrons. The number of nitrogens with one attached hydrogen (secondary N) is 1. The number of sulfonamides is 1. The van der Waals surface area contributed by atoms with E-state index in [-0.39, 0.29) is 5.75 Å². The van der Waals surface area contributed by atoms with E-state index in [1.54, 1.807) is 30.5 Å². The summed E-state index contributed by atoms with van der Waals surface area (Å²) < 4.78 is 26.5. The SMILES string of the molecule is O=S(=O)(Cc1cccc(Cl)c1)N1CCCc2cn[nH]c21. The number of anilines is 1. The molecule has 1 aromatic carbocycles. The number of aromatic nitrogens is 2. The molecule has 2 heterocycles. The van der Waals surface area contributed by atoms with Gasteiger partial charge in [0.25, 0.3) is 0 Å². The van der Waals surface area contributed by atoms with Gasteiger partial charge in [-0.3, -0.25) is 9.40 Å². The summed E-state index contributed by atoms with van der Waals surface area (Å²) in [6.07, 6.45) is 3.35. The van der Waals surface area contributed by atoms with E-state index in [9.17, 15) is 8.42 Å². The second-order valence-electron chi connectivity index (χ2n) is 4.81. The molecule has 0 fully saturated rings. The van der Waals surface area contributed by atoms with Crippen LogP contribution in [0.15, 0.2) is 30.5 Å². The minimum atomic E-state index is -3.43. The maximum atomic E-state index is 12.6. The van der Waals surface area contributed by atoms with Gasteiger partial charge in [-0.1, -0.05) is 23.7 Å². The fraction of sp³-hybridized carbons (Fsp3) is 0.308. The van der Waals surface area contributed by atoms with Crippen LogP contribution in [0.2, 0.25) is 5.02 Å². The molecule has 1 N–H and O–H groups in total. The summed E-state index contributed by atoms with van der Waals surface area (Å²) in [6.45, 7) is 0.484. The van der Waals surface area contributed by atoms with E-state index in [0.29, 0.717) is 22.9 Å². The highest BCUT2D eigenvalue weighted by Crippen LogP contribution is 2.28. The van der Waals surface area contributed by atoms with E-state index in [4.69, 9.17) is 11.6 Å². The van der Waals surface area contributed by atoms with E-state index < -0.39 is 10.0 Å². The number of rotatable bonds is 3. The number of H-pyrrole nitrogens is 1. The summed E-state index contributed by atoms with van der Waals surface area (Å²) >= 11 is 5.90. The first kappa shape index (κ1) is 13.5. The van der Waals surface area contributed by atoms with E-state index in [1.807, 2.05) is 0 Å². The fourth-order valence-electron chi connectivity index (χ4n) is 2.42. The average molecular weight is 312 g/mol. The molecule has 1 aromatic heterocycles. The molecule has 3 rings (SSSR count). The zero-order chi connectivity index (χ0) is 14.2. The van der Waals surface area contributed by atoms with Crippen molar-refractivity contribution in [3.63, 3.8) is 0 Å². The van der Waals surface area contributed by atoms with Crippen molar-refractivity contribution in [2.75, 3.05) is 10.8 Å². The van der Waals surface area contributed by atoms with Gasteiger partial charge in [-0.25, -0.2) is 8.42 Å². The van der Waals surface area contributed by atoms with Gasteiger partial charge < -0.3 is 0 Å². The minimum absolute atomic E-state index is 0.0635. The van der Waals surface area contributed by atoms with Gasteiger partial charge >= 0.3 is 0 Å². The van der Waals surface area contributed by atoms with Gasteiger partial charge in [-0.2, -0.15) is 5.10 Å². The van der Waals surface area contributed by atoms with Gasteiger partial charge in [0.1, 0.15) is 5.82 Å². The van der Waals surface area contributed by atoms with Crippen LogP contribution in [-0.4, -0.2) is 25.2 Å². The van der Waals surface area contributed by atoms with Crippen LogP contribution in [0, 0.1) is 0 Å². The summed E-state index contributed by atoms with van der Waals surface area (Å²) in [5.41, 5.74) is 1.63. The highest BCUT2D eigenvalue weighted by Gasteiger charge is 2.29. The number of benzene rings is 1. The molecule has 20 heavy (non-hydrogen) atoms. The maximum absolute atomic E-state index is 12.6. The van der Waals surface area contributed by atoms with Crippen molar-refractivity contribution in [3.05, 3.63) is 46.6 Å². The quantitative estimate of drug-likeness (QED) is 0.946. The van der Waals surface area contributed by atoms with E-state index in [1.165, 1.54) is 4.31 Å². The second-order valence-corrected chi connectivity index (χ2v) is 7.14. The Kier molecular flexibility index (Phi) is 3.43. The summed E-state index contributed by atoms with van der Waals surface area (Å²) in [5, 5.41) is 7.26. The van der Waals surface area contributed by atoms with Gasteiger partial charge in [0.15, 0.2) is 0 Å². The number of fused-ring (bicyclic) bond motifs is 1. The largest absolute Gasteiger partial charge is 0.262 e. The number of hydrogen-bond donors (Lipinski definition) is 1. The Morgan fingerprint density at radius 2 is 2.25 bits per heavy atom. The van der Waals surface area contributed by atoms with Crippen molar-refractivity contribution < 1.29 is 8.42 Å². The molecule has 1 aliphatic rings. The number of aromatic amines is 1. The monoisotopic (exact) mass is 311 g/mol. The Morgan fingerprint density at radius 1 is 1.40 bits per heavy atom. The summed E-state index contributed by atoms with van der Waals surface area (Å²) in [6, 6.07) is 6.93. The Labute approximate surface area is 122 Å². The van der Waals surface area contributed by atoms with Crippen LogP contribution in [0.5, 0.6) is 0 Å². The number of hydrogen-bond acceptors (Lipinski definition) is 3. The Balaban J connectivity index is 1.90. The molecule has 1 aliphatic heterocycles. The minimum Gasteiger partial charge on any atom is -0.262 e. The predicted molar refractivity (Wildman–Crippen MR) is 78.3 cm³/mol. The van der Waals surface area contributed by atoms with Crippen LogP contribution in [-0.2, 0) is 22.2 Å².